The van der Waals surface area contributed by atoms with Gasteiger partial charge in [-0.3, -0.25) is 0 Å². The zero-order valence-electron chi connectivity index (χ0n) is 7.68. The van der Waals surface area contributed by atoms with Crippen LogP contribution in [0.3, 0.4) is 0 Å². The highest BCUT2D eigenvalue weighted by atomic mass is 35.5. The molecule has 5 heteroatoms. The van der Waals surface area contributed by atoms with Crippen LogP contribution in [0.1, 0.15) is 12.5 Å². The fraction of sp³-hybridized carbons (Fsp3) is 0.222. The molecule has 2 rings (SSSR count). The first-order chi connectivity index (χ1) is 6.83. The minimum atomic E-state index is 0.494. The Morgan fingerprint density at radius 3 is 2.93 bits per heavy atom. The van der Waals surface area contributed by atoms with Gasteiger partial charge in [-0.15, -0.1) is 0 Å². The molecule has 2 heterocycles. The summed E-state index contributed by atoms with van der Waals surface area (Å²) in [5.41, 5.74) is 0.915. The predicted octanol–water partition coefficient (Wildman–Crippen LogP) is 1.88. The van der Waals surface area contributed by atoms with Crippen molar-refractivity contribution in [3.8, 4) is 5.82 Å². The first kappa shape index (κ1) is 9.15. The number of rotatable bonds is 2. The van der Waals surface area contributed by atoms with Crippen LogP contribution in [0.15, 0.2) is 24.8 Å². The molecule has 14 heavy (non-hydrogen) atoms. The monoisotopic (exact) mass is 208 g/mol. The van der Waals surface area contributed by atoms with E-state index in [4.69, 9.17) is 11.6 Å². The van der Waals surface area contributed by atoms with E-state index in [0.717, 1.165) is 17.8 Å². The fourth-order valence-electron chi connectivity index (χ4n) is 1.28. The molecule has 0 aliphatic rings. The van der Waals surface area contributed by atoms with Crippen molar-refractivity contribution in [3.63, 3.8) is 0 Å². The van der Waals surface area contributed by atoms with Crippen LogP contribution in [0.2, 0.25) is 5.15 Å². The summed E-state index contributed by atoms with van der Waals surface area (Å²) in [4.78, 5) is 8.09. The van der Waals surface area contributed by atoms with Gasteiger partial charge in [0.05, 0.1) is 0 Å². The molecule has 4 nitrogen and oxygen atoms in total. The van der Waals surface area contributed by atoms with E-state index in [1.54, 1.807) is 10.9 Å². The van der Waals surface area contributed by atoms with E-state index < -0.39 is 0 Å². The molecule has 0 N–H and O–H groups in total. The zero-order valence-corrected chi connectivity index (χ0v) is 8.44. The summed E-state index contributed by atoms with van der Waals surface area (Å²) >= 11 is 5.95. The number of aromatic nitrogens is 4. The fourth-order valence-corrected chi connectivity index (χ4v) is 1.54. The number of hydrogen-bond donors (Lipinski definition) is 0. The van der Waals surface area contributed by atoms with E-state index in [9.17, 15) is 0 Å². The van der Waals surface area contributed by atoms with E-state index in [1.807, 2.05) is 19.2 Å². The van der Waals surface area contributed by atoms with Gasteiger partial charge in [0.25, 0.3) is 0 Å². The summed E-state index contributed by atoms with van der Waals surface area (Å²) in [6, 6.07) is 1.84. The molecule has 72 valence electrons. The predicted molar refractivity (Wildman–Crippen MR) is 53.5 cm³/mol. The Hall–Kier alpha value is -1.42. The molecule has 2 aromatic rings. The van der Waals surface area contributed by atoms with Crippen molar-refractivity contribution in [1.82, 2.24) is 19.7 Å². The molecule has 0 saturated carbocycles. The van der Waals surface area contributed by atoms with Gasteiger partial charge in [-0.05, 0) is 12.5 Å². The van der Waals surface area contributed by atoms with Crippen molar-refractivity contribution in [2.75, 3.05) is 0 Å². The molecule has 0 aromatic carbocycles. The Morgan fingerprint density at radius 1 is 1.43 bits per heavy atom. The Labute approximate surface area is 86.6 Å². The van der Waals surface area contributed by atoms with E-state index in [0.29, 0.717) is 5.15 Å². The van der Waals surface area contributed by atoms with Crippen LogP contribution in [0, 0.1) is 0 Å². The maximum Gasteiger partial charge on any atom is 0.161 e. The normalized spacial score (nSPS) is 10.4. The second-order valence-electron chi connectivity index (χ2n) is 2.77. The summed E-state index contributed by atoms with van der Waals surface area (Å²) in [7, 11) is 0. The first-order valence-corrected chi connectivity index (χ1v) is 4.70. The molecule has 0 amide bonds. The summed E-state index contributed by atoms with van der Waals surface area (Å²) in [5.74, 6) is 0.748. The third-order valence-corrected chi connectivity index (χ3v) is 2.27. The lowest BCUT2D eigenvalue weighted by molar-refractivity contribution is 0.818. The summed E-state index contributed by atoms with van der Waals surface area (Å²) in [5, 5.41) is 4.60. The van der Waals surface area contributed by atoms with Crippen LogP contribution in [-0.2, 0) is 6.42 Å². The molecule has 0 radical (unpaired) electrons. The maximum absolute atomic E-state index is 5.95. The van der Waals surface area contributed by atoms with Crippen molar-refractivity contribution < 1.29 is 0 Å². The molecule has 0 aliphatic carbocycles. The molecule has 0 unspecified atom stereocenters. The van der Waals surface area contributed by atoms with Crippen LogP contribution in [0.4, 0.5) is 0 Å². The Kier molecular flexibility index (Phi) is 2.45. The molecular formula is C9H9ClN4. The topological polar surface area (TPSA) is 43.6 Å². The maximum atomic E-state index is 5.95. The minimum Gasteiger partial charge on any atom is -0.224 e. The second-order valence-corrected chi connectivity index (χ2v) is 3.13. The first-order valence-electron chi connectivity index (χ1n) is 4.32. The number of hydrogen-bond acceptors (Lipinski definition) is 3. The largest absolute Gasteiger partial charge is 0.224 e. The average molecular weight is 209 g/mol. The quantitative estimate of drug-likeness (QED) is 0.708. The Balaban J connectivity index is 2.58. The van der Waals surface area contributed by atoms with Gasteiger partial charge in [0.15, 0.2) is 5.82 Å². The van der Waals surface area contributed by atoms with E-state index >= 15 is 0 Å². The summed E-state index contributed by atoms with van der Waals surface area (Å²) in [6.07, 6.45) is 5.76. The van der Waals surface area contributed by atoms with Gasteiger partial charge in [0, 0.05) is 18.0 Å². The standard InChI is InChI=1S/C9H9ClN4/c1-2-7-8(10)11-6-12-9(7)14-5-3-4-13-14/h3-6H,2H2,1H3. The smallest absolute Gasteiger partial charge is 0.161 e. The van der Waals surface area contributed by atoms with Gasteiger partial charge in [-0.1, -0.05) is 18.5 Å². The summed E-state index contributed by atoms with van der Waals surface area (Å²) < 4.78 is 1.69. The van der Waals surface area contributed by atoms with Crippen LogP contribution >= 0.6 is 11.6 Å². The molecule has 0 bridgehead atoms. The van der Waals surface area contributed by atoms with Crippen LogP contribution in [0.5, 0.6) is 0 Å². The number of nitrogens with zero attached hydrogens (tertiary/aromatic N) is 4. The van der Waals surface area contributed by atoms with Crippen molar-refractivity contribution in [2.24, 2.45) is 0 Å². The van der Waals surface area contributed by atoms with Crippen LogP contribution < -0.4 is 0 Å². The average Bonchev–Trinajstić information content (AvgIpc) is 2.70. The Morgan fingerprint density at radius 2 is 2.29 bits per heavy atom. The second kappa shape index (κ2) is 3.75. The lowest BCUT2D eigenvalue weighted by atomic mass is 10.2. The molecule has 0 saturated heterocycles. The lowest BCUT2D eigenvalue weighted by Gasteiger charge is -2.06. The molecule has 0 fully saturated rings. The van der Waals surface area contributed by atoms with Crippen molar-refractivity contribution in [2.45, 2.75) is 13.3 Å². The highest BCUT2D eigenvalue weighted by molar-refractivity contribution is 6.30. The molecule has 0 aliphatic heterocycles. The van der Waals surface area contributed by atoms with Crippen LogP contribution in [-0.4, -0.2) is 19.7 Å². The number of halogens is 1. The third kappa shape index (κ3) is 1.48. The van der Waals surface area contributed by atoms with Crippen molar-refractivity contribution >= 4 is 11.6 Å². The van der Waals surface area contributed by atoms with E-state index in [1.165, 1.54) is 6.33 Å². The van der Waals surface area contributed by atoms with Gasteiger partial charge < -0.3 is 0 Å². The lowest BCUT2D eigenvalue weighted by Crippen LogP contribution is -2.04. The zero-order chi connectivity index (χ0) is 9.97. The van der Waals surface area contributed by atoms with Gasteiger partial charge >= 0.3 is 0 Å². The highest BCUT2D eigenvalue weighted by Crippen LogP contribution is 2.18. The molecule has 0 atom stereocenters. The van der Waals surface area contributed by atoms with E-state index in [-0.39, 0.29) is 0 Å². The molecular weight excluding hydrogens is 200 g/mol. The van der Waals surface area contributed by atoms with E-state index in [2.05, 4.69) is 15.1 Å². The highest BCUT2D eigenvalue weighted by Gasteiger charge is 2.09. The van der Waals surface area contributed by atoms with Gasteiger partial charge in [0.2, 0.25) is 0 Å². The minimum absolute atomic E-state index is 0.494. The SMILES string of the molecule is CCc1c(Cl)ncnc1-n1cccn1. The van der Waals surface area contributed by atoms with Crippen molar-refractivity contribution in [1.29, 1.82) is 0 Å². The van der Waals surface area contributed by atoms with Gasteiger partial charge in [0.1, 0.15) is 11.5 Å². The van der Waals surface area contributed by atoms with Crippen LogP contribution in [0.25, 0.3) is 5.82 Å². The third-order valence-electron chi connectivity index (χ3n) is 1.94. The summed E-state index contributed by atoms with van der Waals surface area (Å²) in [6.45, 7) is 2.01. The molecule has 0 spiro atoms. The molecule has 2 aromatic heterocycles. The van der Waals surface area contributed by atoms with Gasteiger partial charge in [-0.2, -0.15) is 5.10 Å². The van der Waals surface area contributed by atoms with Gasteiger partial charge in [-0.25, -0.2) is 14.6 Å². The Bertz CT molecular complexity index is 424. The van der Waals surface area contributed by atoms with Crippen molar-refractivity contribution in [3.05, 3.63) is 35.5 Å².